The summed E-state index contributed by atoms with van der Waals surface area (Å²) >= 11 is 0. The van der Waals surface area contributed by atoms with E-state index in [1.165, 1.54) is 36.4 Å². The largest absolute Gasteiger partial charge is 0.478 e. The molecule has 0 atom stereocenters. The molecule has 0 aliphatic heterocycles. The van der Waals surface area contributed by atoms with E-state index in [1.807, 2.05) is 6.07 Å². The Hall–Kier alpha value is -2.41. The van der Waals surface area contributed by atoms with Crippen LogP contribution in [0.2, 0.25) is 0 Å². The van der Waals surface area contributed by atoms with Crippen molar-refractivity contribution in [1.82, 2.24) is 0 Å². The van der Waals surface area contributed by atoms with Crippen LogP contribution in [-0.4, -0.2) is 11.1 Å². The van der Waals surface area contributed by atoms with E-state index in [9.17, 15) is 9.18 Å². The highest BCUT2D eigenvalue weighted by Crippen LogP contribution is 2.13. The maximum atomic E-state index is 13.2. The van der Waals surface area contributed by atoms with Gasteiger partial charge < -0.3 is 5.11 Å². The van der Waals surface area contributed by atoms with E-state index < -0.39 is 11.8 Å². The van der Waals surface area contributed by atoms with Gasteiger partial charge in [-0.2, -0.15) is 5.26 Å². The van der Waals surface area contributed by atoms with Gasteiger partial charge in [0.2, 0.25) is 0 Å². The second kappa shape index (κ2) is 5.47. The molecule has 0 fully saturated rings. The van der Waals surface area contributed by atoms with Gasteiger partial charge in [0.25, 0.3) is 0 Å². The smallest absolute Gasteiger partial charge is 0.328 e. The standard InChI is InChI=1S/C12H8FNO2/c13-11-5-3-9(2-1-7-14)8-10(11)4-6-12(15)16/h1-6,8H,(H,15,16)/b2-1?,6-4+. The number of carboxylic acid groups (broad SMARTS) is 1. The quantitative estimate of drug-likeness (QED) is 0.624. The number of benzene rings is 1. The lowest BCUT2D eigenvalue weighted by Gasteiger charge is -1.98. The summed E-state index contributed by atoms with van der Waals surface area (Å²) in [6.45, 7) is 0. The molecule has 80 valence electrons. The second-order valence-corrected chi connectivity index (χ2v) is 2.91. The normalized spacial score (nSPS) is 10.8. The molecule has 1 aromatic carbocycles. The number of rotatable bonds is 3. The first kappa shape index (κ1) is 11.7. The van der Waals surface area contributed by atoms with Gasteiger partial charge in [0.1, 0.15) is 5.82 Å². The summed E-state index contributed by atoms with van der Waals surface area (Å²) < 4.78 is 13.2. The molecule has 0 amide bonds. The second-order valence-electron chi connectivity index (χ2n) is 2.91. The van der Waals surface area contributed by atoms with Gasteiger partial charge in [0.05, 0.1) is 6.07 Å². The topological polar surface area (TPSA) is 61.1 Å². The van der Waals surface area contributed by atoms with Crippen molar-refractivity contribution in [3.63, 3.8) is 0 Å². The zero-order valence-electron chi connectivity index (χ0n) is 8.22. The number of aliphatic carboxylic acids is 1. The van der Waals surface area contributed by atoms with E-state index >= 15 is 0 Å². The summed E-state index contributed by atoms with van der Waals surface area (Å²) in [7, 11) is 0. The Labute approximate surface area is 91.8 Å². The molecule has 3 nitrogen and oxygen atoms in total. The minimum Gasteiger partial charge on any atom is -0.478 e. The molecule has 16 heavy (non-hydrogen) atoms. The molecule has 0 bridgehead atoms. The Morgan fingerprint density at radius 2 is 2.19 bits per heavy atom. The lowest BCUT2D eigenvalue weighted by Crippen LogP contribution is -1.88. The van der Waals surface area contributed by atoms with Crippen molar-refractivity contribution in [2.24, 2.45) is 0 Å². The first-order valence-corrected chi connectivity index (χ1v) is 4.40. The Morgan fingerprint density at radius 1 is 1.44 bits per heavy atom. The SMILES string of the molecule is N#CC=Cc1ccc(F)c(/C=C/C(=O)O)c1. The van der Waals surface area contributed by atoms with E-state index in [0.717, 1.165) is 6.08 Å². The minimum absolute atomic E-state index is 0.169. The highest BCUT2D eigenvalue weighted by molar-refractivity contribution is 5.85. The predicted octanol–water partition coefficient (Wildman–Crippen LogP) is 2.46. The maximum Gasteiger partial charge on any atom is 0.328 e. The Balaban J connectivity index is 3.04. The Kier molecular flexibility index (Phi) is 3.98. The monoisotopic (exact) mass is 217 g/mol. The van der Waals surface area contributed by atoms with Crippen molar-refractivity contribution in [2.45, 2.75) is 0 Å². The van der Waals surface area contributed by atoms with Gasteiger partial charge in [-0.05, 0) is 29.8 Å². The van der Waals surface area contributed by atoms with Crippen LogP contribution in [0.25, 0.3) is 12.2 Å². The fraction of sp³-hybridized carbons (Fsp3) is 0. The first-order chi connectivity index (χ1) is 7.63. The van der Waals surface area contributed by atoms with Gasteiger partial charge in [-0.1, -0.05) is 6.07 Å². The molecule has 1 aromatic rings. The summed E-state index contributed by atoms with van der Waals surface area (Å²) in [5.41, 5.74) is 0.801. The van der Waals surface area contributed by atoms with E-state index in [0.29, 0.717) is 5.56 Å². The molecule has 0 unspecified atom stereocenters. The number of nitrogens with zero attached hydrogens (tertiary/aromatic N) is 1. The number of nitriles is 1. The van der Waals surface area contributed by atoms with Crippen LogP contribution in [0.5, 0.6) is 0 Å². The third kappa shape index (κ3) is 3.39. The fourth-order valence-corrected chi connectivity index (χ4v) is 1.09. The lowest BCUT2D eigenvalue weighted by molar-refractivity contribution is -0.131. The zero-order valence-corrected chi connectivity index (χ0v) is 8.22. The van der Waals surface area contributed by atoms with Crippen molar-refractivity contribution >= 4 is 18.1 Å². The zero-order chi connectivity index (χ0) is 12.0. The van der Waals surface area contributed by atoms with Gasteiger partial charge >= 0.3 is 5.97 Å². The van der Waals surface area contributed by atoms with Crippen molar-refractivity contribution < 1.29 is 14.3 Å². The number of hydrogen-bond acceptors (Lipinski definition) is 2. The minimum atomic E-state index is -1.14. The van der Waals surface area contributed by atoms with Crippen molar-refractivity contribution in [2.75, 3.05) is 0 Å². The number of carbonyl (C=O) groups is 1. The molecular formula is C12H8FNO2. The van der Waals surface area contributed by atoms with Crippen molar-refractivity contribution in [1.29, 1.82) is 5.26 Å². The molecule has 0 saturated carbocycles. The Morgan fingerprint density at radius 3 is 2.81 bits per heavy atom. The summed E-state index contributed by atoms with van der Waals surface area (Å²) in [4.78, 5) is 10.3. The molecule has 1 N–H and O–H groups in total. The molecule has 0 heterocycles. The van der Waals surface area contributed by atoms with Crippen LogP contribution < -0.4 is 0 Å². The summed E-state index contributed by atoms with van der Waals surface area (Å²) in [5.74, 6) is -1.65. The summed E-state index contributed by atoms with van der Waals surface area (Å²) in [6, 6.07) is 6.00. The first-order valence-electron chi connectivity index (χ1n) is 4.40. The van der Waals surface area contributed by atoms with E-state index in [-0.39, 0.29) is 5.56 Å². The molecule has 0 radical (unpaired) electrons. The van der Waals surface area contributed by atoms with Crippen molar-refractivity contribution in [3.05, 3.63) is 47.3 Å². The van der Waals surface area contributed by atoms with Crippen LogP contribution in [0.4, 0.5) is 4.39 Å². The molecule has 0 aliphatic carbocycles. The van der Waals surface area contributed by atoms with Crippen LogP contribution in [0.15, 0.2) is 30.4 Å². The molecule has 1 rings (SSSR count). The fourth-order valence-electron chi connectivity index (χ4n) is 1.09. The molecular weight excluding hydrogens is 209 g/mol. The number of carboxylic acids is 1. The van der Waals surface area contributed by atoms with Crippen LogP contribution >= 0.6 is 0 Å². The van der Waals surface area contributed by atoms with Crippen LogP contribution in [-0.2, 0) is 4.79 Å². The third-order valence-electron chi connectivity index (χ3n) is 1.78. The highest BCUT2D eigenvalue weighted by Gasteiger charge is 1.99. The summed E-state index contributed by atoms with van der Waals surface area (Å²) in [6.07, 6.45) is 4.80. The van der Waals surface area contributed by atoms with Gasteiger partial charge in [0.15, 0.2) is 0 Å². The molecule has 0 saturated heterocycles. The number of halogens is 1. The maximum absolute atomic E-state index is 13.2. The molecule has 0 aromatic heterocycles. The van der Waals surface area contributed by atoms with Crippen LogP contribution in [0, 0.1) is 17.1 Å². The van der Waals surface area contributed by atoms with Crippen molar-refractivity contribution in [3.8, 4) is 6.07 Å². The molecule has 4 heteroatoms. The number of hydrogen-bond donors (Lipinski definition) is 1. The van der Waals surface area contributed by atoms with E-state index in [2.05, 4.69) is 0 Å². The van der Waals surface area contributed by atoms with Crippen LogP contribution in [0.3, 0.4) is 0 Å². The van der Waals surface area contributed by atoms with Crippen LogP contribution in [0.1, 0.15) is 11.1 Å². The number of allylic oxidation sites excluding steroid dienone is 1. The third-order valence-corrected chi connectivity index (χ3v) is 1.78. The lowest BCUT2D eigenvalue weighted by atomic mass is 10.1. The van der Waals surface area contributed by atoms with E-state index in [1.54, 1.807) is 0 Å². The predicted molar refractivity (Wildman–Crippen MR) is 57.7 cm³/mol. The summed E-state index contributed by atoms with van der Waals surface area (Å²) in [5, 5.41) is 16.7. The van der Waals surface area contributed by atoms with E-state index in [4.69, 9.17) is 10.4 Å². The average Bonchev–Trinajstić information content (AvgIpc) is 2.26. The van der Waals surface area contributed by atoms with Gasteiger partial charge in [-0.15, -0.1) is 0 Å². The average molecular weight is 217 g/mol. The molecule has 0 aliphatic rings. The van der Waals surface area contributed by atoms with Gasteiger partial charge in [0, 0.05) is 17.7 Å². The molecule has 0 spiro atoms. The van der Waals surface area contributed by atoms with Gasteiger partial charge in [-0.25, -0.2) is 9.18 Å². The Bertz CT molecular complexity index is 498. The highest BCUT2D eigenvalue weighted by atomic mass is 19.1. The van der Waals surface area contributed by atoms with Gasteiger partial charge in [-0.3, -0.25) is 0 Å².